The lowest BCUT2D eigenvalue weighted by molar-refractivity contribution is -0.325. The lowest BCUT2D eigenvalue weighted by Crippen LogP contribution is -2.40. The zero-order valence-electron chi connectivity index (χ0n) is 17.7. The Bertz CT molecular complexity index is 1040. The zero-order valence-corrected chi connectivity index (χ0v) is 18.6. The van der Waals surface area contributed by atoms with Crippen molar-refractivity contribution in [3.8, 4) is 0 Å². The lowest BCUT2D eigenvalue weighted by Gasteiger charge is -2.13. The third-order valence-corrected chi connectivity index (χ3v) is 6.76. The molecule has 31 heavy (non-hydrogen) atoms. The first-order valence-corrected chi connectivity index (χ1v) is 10.6. The summed E-state index contributed by atoms with van der Waals surface area (Å²) in [6.07, 6.45) is -4.55. The van der Waals surface area contributed by atoms with Crippen molar-refractivity contribution in [3.63, 3.8) is 0 Å². The maximum absolute atomic E-state index is 13.2. The molecule has 1 saturated carbocycles. The monoisotopic (exact) mass is 465 g/mol. The molecule has 3 rings (SSSR count). The van der Waals surface area contributed by atoms with Gasteiger partial charge in [-0.05, 0) is 24.8 Å². The van der Waals surface area contributed by atoms with Crippen molar-refractivity contribution >= 4 is 21.6 Å². The van der Waals surface area contributed by atoms with E-state index in [1.54, 1.807) is 6.92 Å². The molecule has 0 aromatic carbocycles. The average molecular weight is 465 g/mol. The van der Waals surface area contributed by atoms with Gasteiger partial charge in [-0.15, -0.1) is 24.5 Å². The smallest absolute Gasteiger partial charge is 0.355 e. The van der Waals surface area contributed by atoms with E-state index in [4.69, 9.17) is 9.47 Å². The molecule has 0 aliphatic heterocycles. The Morgan fingerprint density at radius 3 is 2.45 bits per heavy atom. The van der Waals surface area contributed by atoms with E-state index in [9.17, 15) is 22.8 Å². The average Bonchev–Trinajstić information content (AvgIpc) is 3.31. The number of alkyl halides is 3. The molecule has 0 amide bonds. The van der Waals surface area contributed by atoms with Crippen molar-refractivity contribution in [2.45, 2.75) is 52.1 Å². The van der Waals surface area contributed by atoms with Gasteiger partial charge in [0.2, 0.25) is 0 Å². The van der Waals surface area contributed by atoms with Crippen molar-refractivity contribution in [1.29, 1.82) is 0 Å². The zero-order chi connectivity index (χ0) is 22.9. The fourth-order valence-corrected chi connectivity index (χ4v) is 4.83. The highest BCUT2D eigenvalue weighted by atomic mass is 32.1. The molecular formula is C19H26F3N3O5S. The maximum atomic E-state index is 13.2. The summed E-state index contributed by atoms with van der Waals surface area (Å²) in [6.45, 7) is 3.47. The Kier molecular flexibility index (Phi) is 7.26. The highest BCUT2D eigenvalue weighted by molar-refractivity contribution is 7.18. The van der Waals surface area contributed by atoms with Crippen LogP contribution in [0.4, 0.5) is 13.2 Å². The standard InChI is InChI=1S/C19H26F3N3O5S/c1-10-7-12(10)25-16(26)15-11(2)13(8-23-9-14(28-3)29-4)31-17(15)24(18(25)27)5-6-30-19(20,21)22/h10,12,14,23H,5-9H2,1-4H3. The second-order valence-electron chi connectivity index (χ2n) is 7.55. The van der Waals surface area contributed by atoms with E-state index in [1.807, 2.05) is 6.92 Å². The van der Waals surface area contributed by atoms with Crippen molar-refractivity contribution in [2.75, 3.05) is 27.4 Å². The van der Waals surface area contributed by atoms with Gasteiger partial charge in [-0.25, -0.2) is 4.79 Å². The van der Waals surface area contributed by atoms with Gasteiger partial charge in [0.1, 0.15) is 4.83 Å². The van der Waals surface area contributed by atoms with Gasteiger partial charge in [-0.1, -0.05) is 6.92 Å². The van der Waals surface area contributed by atoms with E-state index in [2.05, 4.69) is 10.1 Å². The summed E-state index contributed by atoms with van der Waals surface area (Å²) in [5.41, 5.74) is -0.289. The number of methoxy groups -OCH3 is 2. The summed E-state index contributed by atoms with van der Waals surface area (Å²) in [7, 11) is 3.03. The minimum absolute atomic E-state index is 0.169. The summed E-state index contributed by atoms with van der Waals surface area (Å²) in [5, 5.41) is 3.53. The van der Waals surface area contributed by atoms with Crippen molar-refractivity contribution in [3.05, 3.63) is 31.3 Å². The number of rotatable bonds is 10. The maximum Gasteiger partial charge on any atom is 0.522 e. The van der Waals surface area contributed by atoms with Crippen LogP contribution in [0.15, 0.2) is 9.59 Å². The minimum atomic E-state index is -4.79. The van der Waals surface area contributed by atoms with E-state index < -0.39 is 30.5 Å². The highest BCUT2D eigenvalue weighted by Gasteiger charge is 2.38. The predicted octanol–water partition coefficient (Wildman–Crippen LogP) is 2.36. The molecule has 2 aromatic heterocycles. The molecule has 8 nitrogen and oxygen atoms in total. The topological polar surface area (TPSA) is 83.7 Å². The van der Waals surface area contributed by atoms with Crippen LogP contribution >= 0.6 is 11.3 Å². The number of thiophene rings is 1. The molecule has 0 bridgehead atoms. The number of fused-ring (bicyclic) bond motifs is 1. The van der Waals surface area contributed by atoms with E-state index >= 15 is 0 Å². The van der Waals surface area contributed by atoms with Gasteiger partial charge in [0.15, 0.2) is 6.29 Å². The Labute approximate surface area is 180 Å². The van der Waals surface area contributed by atoms with Crippen LogP contribution in [0.1, 0.15) is 29.8 Å². The predicted molar refractivity (Wildman–Crippen MR) is 109 cm³/mol. The number of nitrogens with one attached hydrogen (secondary N) is 1. The third-order valence-electron chi connectivity index (χ3n) is 5.44. The van der Waals surface area contributed by atoms with Crippen LogP contribution in [0.3, 0.4) is 0 Å². The molecule has 1 aliphatic rings. The number of halogens is 3. The molecule has 2 aromatic rings. The number of aryl methyl sites for hydroxylation is 1. The Hall–Kier alpha value is -1.73. The van der Waals surface area contributed by atoms with Crippen LogP contribution in [0, 0.1) is 12.8 Å². The molecule has 1 N–H and O–H groups in total. The van der Waals surface area contributed by atoms with Crippen molar-refractivity contribution in [1.82, 2.24) is 14.5 Å². The fourth-order valence-electron chi connectivity index (χ4n) is 3.55. The van der Waals surface area contributed by atoms with Crippen molar-refractivity contribution in [2.24, 2.45) is 5.92 Å². The van der Waals surface area contributed by atoms with Gasteiger partial charge >= 0.3 is 12.1 Å². The van der Waals surface area contributed by atoms with E-state index in [-0.39, 0.29) is 18.5 Å². The summed E-state index contributed by atoms with van der Waals surface area (Å²) in [6, 6.07) is -0.232. The molecule has 2 atom stereocenters. The van der Waals surface area contributed by atoms with Gasteiger partial charge < -0.3 is 14.8 Å². The van der Waals surface area contributed by atoms with Gasteiger partial charge in [0.25, 0.3) is 5.56 Å². The van der Waals surface area contributed by atoms with E-state index in [0.717, 1.165) is 4.88 Å². The quantitative estimate of drug-likeness (QED) is 0.543. The summed E-state index contributed by atoms with van der Waals surface area (Å²) < 4.78 is 53.9. The highest BCUT2D eigenvalue weighted by Crippen LogP contribution is 2.41. The van der Waals surface area contributed by atoms with Crippen LogP contribution < -0.4 is 16.6 Å². The summed E-state index contributed by atoms with van der Waals surface area (Å²) in [4.78, 5) is 27.4. The minimum Gasteiger partial charge on any atom is -0.355 e. The lowest BCUT2D eigenvalue weighted by atomic mass is 10.2. The first-order chi connectivity index (χ1) is 14.6. The van der Waals surface area contributed by atoms with Crippen LogP contribution in [0.5, 0.6) is 0 Å². The van der Waals surface area contributed by atoms with Crippen LogP contribution in [0.2, 0.25) is 0 Å². The second kappa shape index (κ2) is 9.41. The van der Waals surface area contributed by atoms with Gasteiger partial charge in [0.05, 0.1) is 18.5 Å². The van der Waals surface area contributed by atoms with Crippen LogP contribution in [0.25, 0.3) is 10.2 Å². The molecule has 0 saturated heterocycles. The number of aromatic nitrogens is 2. The molecular weight excluding hydrogens is 439 g/mol. The van der Waals surface area contributed by atoms with Crippen LogP contribution in [-0.2, 0) is 27.3 Å². The van der Waals surface area contributed by atoms with Crippen LogP contribution in [-0.4, -0.2) is 49.2 Å². The van der Waals surface area contributed by atoms with E-state index in [0.29, 0.717) is 35.3 Å². The molecule has 1 fully saturated rings. The van der Waals surface area contributed by atoms with Gasteiger partial charge in [-0.2, -0.15) is 0 Å². The normalized spacial score (nSPS) is 19.0. The molecule has 0 radical (unpaired) electrons. The molecule has 12 heteroatoms. The molecule has 2 unspecified atom stereocenters. The Morgan fingerprint density at radius 1 is 1.26 bits per heavy atom. The largest absolute Gasteiger partial charge is 0.522 e. The number of nitrogens with zero attached hydrogens (tertiary/aromatic N) is 2. The number of hydrogen-bond acceptors (Lipinski definition) is 7. The number of ether oxygens (including phenoxy) is 3. The van der Waals surface area contributed by atoms with E-state index in [1.165, 1.54) is 34.7 Å². The van der Waals surface area contributed by atoms with Crippen molar-refractivity contribution < 1.29 is 27.4 Å². The molecule has 1 aliphatic carbocycles. The third kappa shape index (κ3) is 5.20. The second-order valence-corrected chi connectivity index (χ2v) is 8.63. The Morgan fingerprint density at radius 2 is 1.90 bits per heavy atom. The number of hydrogen-bond donors (Lipinski definition) is 1. The molecule has 2 heterocycles. The molecule has 174 valence electrons. The first-order valence-electron chi connectivity index (χ1n) is 9.83. The Balaban J connectivity index is 1.99. The SMILES string of the molecule is COC(CNCc1sc2c(c1C)c(=O)n(C1CC1C)c(=O)n2CCOC(F)(F)F)OC. The van der Waals surface area contributed by atoms with Gasteiger partial charge in [0, 0.05) is 38.2 Å². The summed E-state index contributed by atoms with van der Waals surface area (Å²) >= 11 is 1.21. The summed E-state index contributed by atoms with van der Waals surface area (Å²) in [5.74, 6) is 0.169. The molecule has 0 spiro atoms. The van der Waals surface area contributed by atoms with Gasteiger partial charge in [-0.3, -0.25) is 18.7 Å². The fraction of sp³-hybridized carbons (Fsp3) is 0.684. The first kappa shape index (κ1) is 23.9.